The molecule has 0 atom stereocenters. The first-order valence-electron chi connectivity index (χ1n) is 10.6. The van der Waals surface area contributed by atoms with Crippen LogP contribution in [0.25, 0.3) is 0 Å². The molecule has 8 heteroatoms. The van der Waals surface area contributed by atoms with Crippen LogP contribution in [0.2, 0.25) is 0 Å². The second kappa shape index (κ2) is 8.53. The quantitative estimate of drug-likeness (QED) is 0.497. The summed E-state index contributed by atoms with van der Waals surface area (Å²) in [6.07, 6.45) is 5.78. The first-order valence-corrected chi connectivity index (χ1v) is 10.6. The van der Waals surface area contributed by atoms with Crippen LogP contribution >= 0.6 is 0 Å². The van der Waals surface area contributed by atoms with Crippen LogP contribution < -0.4 is 4.90 Å². The van der Waals surface area contributed by atoms with Crippen LogP contribution in [0.3, 0.4) is 0 Å². The van der Waals surface area contributed by atoms with Crippen molar-refractivity contribution in [2.45, 2.75) is 45.6 Å². The van der Waals surface area contributed by atoms with Gasteiger partial charge in [-0.3, -0.25) is 4.79 Å². The molecule has 164 valence electrons. The van der Waals surface area contributed by atoms with Crippen molar-refractivity contribution in [3.05, 3.63) is 46.4 Å². The molecule has 0 aromatic carbocycles. The molecule has 0 amide bonds. The number of methoxy groups -OCH3 is 1. The summed E-state index contributed by atoms with van der Waals surface area (Å²) in [5.41, 5.74) is 2.29. The fourth-order valence-electron chi connectivity index (χ4n) is 4.45. The highest BCUT2D eigenvalue weighted by Gasteiger charge is 2.34. The van der Waals surface area contributed by atoms with Crippen molar-refractivity contribution in [2.75, 3.05) is 31.7 Å². The van der Waals surface area contributed by atoms with E-state index < -0.39 is 24.3 Å². The third-order valence-electron chi connectivity index (χ3n) is 6.02. The molecule has 0 spiro atoms. The highest BCUT2D eigenvalue weighted by molar-refractivity contribution is 6.09. The Kier molecular flexibility index (Phi) is 5.80. The van der Waals surface area contributed by atoms with Crippen molar-refractivity contribution in [1.82, 2.24) is 9.55 Å². The highest BCUT2D eigenvalue weighted by atomic mass is 16.5. The minimum Gasteiger partial charge on any atom is -0.465 e. The van der Waals surface area contributed by atoms with Crippen LogP contribution in [0.4, 0.5) is 5.82 Å². The molecular formula is C23H27N3O5. The zero-order valence-electron chi connectivity index (χ0n) is 18.1. The van der Waals surface area contributed by atoms with Gasteiger partial charge in [-0.05, 0) is 51.7 Å². The number of anilines is 1. The third-order valence-corrected chi connectivity index (χ3v) is 6.02. The van der Waals surface area contributed by atoms with Gasteiger partial charge < -0.3 is 18.9 Å². The number of rotatable bonds is 7. The average Bonchev–Trinajstić information content (AvgIpc) is 3.37. The Hall–Kier alpha value is -3.16. The largest absolute Gasteiger partial charge is 0.465 e. The van der Waals surface area contributed by atoms with Crippen molar-refractivity contribution < 1.29 is 23.9 Å². The summed E-state index contributed by atoms with van der Waals surface area (Å²) in [5, 5.41) is 0. The van der Waals surface area contributed by atoms with E-state index >= 15 is 0 Å². The number of Topliss-reactive ketones (excluding diaryl/α,β-unsaturated/α-hetero) is 1. The number of ether oxygens (including phenoxy) is 2. The van der Waals surface area contributed by atoms with Crippen LogP contribution in [0.15, 0.2) is 18.3 Å². The van der Waals surface area contributed by atoms with Crippen LogP contribution in [0.1, 0.15) is 74.2 Å². The average molecular weight is 425 g/mol. The van der Waals surface area contributed by atoms with E-state index in [1.807, 2.05) is 18.4 Å². The highest BCUT2D eigenvalue weighted by Crippen LogP contribution is 2.40. The second-order valence-electron chi connectivity index (χ2n) is 8.08. The smallest absolute Gasteiger partial charge is 0.342 e. The van der Waals surface area contributed by atoms with Crippen LogP contribution in [-0.2, 0) is 9.47 Å². The number of aromatic nitrogens is 2. The Morgan fingerprint density at radius 1 is 1.06 bits per heavy atom. The zero-order chi connectivity index (χ0) is 22.1. The van der Waals surface area contributed by atoms with E-state index in [4.69, 9.17) is 9.47 Å². The topological polar surface area (TPSA) is 90.7 Å². The molecule has 1 saturated carbocycles. The van der Waals surface area contributed by atoms with Crippen LogP contribution in [0.5, 0.6) is 0 Å². The summed E-state index contributed by atoms with van der Waals surface area (Å²) < 4.78 is 12.3. The number of nitrogens with zero attached hydrogens (tertiary/aromatic N) is 3. The summed E-state index contributed by atoms with van der Waals surface area (Å²) in [4.78, 5) is 44.6. The fraction of sp³-hybridized carbons (Fsp3) is 0.478. The normalized spacial score (nSPS) is 15.8. The molecule has 4 rings (SSSR count). The molecule has 2 aromatic rings. The molecule has 0 N–H and O–H groups in total. The molecule has 8 nitrogen and oxygen atoms in total. The predicted octanol–water partition coefficient (Wildman–Crippen LogP) is 3.26. The Morgan fingerprint density at radius 2 is 1.74 bits per heavy atom. The maximum atomic E-state index is 13.1. The molecule has 2 fully saturated rings. The molecule has 2 aromatic heterocycles. The fourth-order valence-corrected chi connectivity index (χ4v) is 4.45. The van der Waals surface area contributed by atoms with Gasteiger partial charge in [0, 0.05) is 36.7 Å². The third kappa shape index (κ3) is 3.94. The maximum absolute atomic E-state index is 13.1. The van der Waals surface area contributed by atoms with E-state index in [9.17, 15) is 14.4 Å². The van der Waals surface area contributed by atoms with Gasteiger partial charge in [-0.2, -0.15) is 0 Å². The molecule has 0 unspecified atom stereocenters. The standard InChI is InChI=1S/C23H27N3O5/c1-14-19(20(23(29)30-3)15(2)26(14)16-8-9-16)18(27)13-31-22(28)17-7-6-10-24-21(17)25-11-4-5-12-25/h6-7,10,16H,4-5,8-9,11-13H2,1-3H3. The molecular weight excluding hydrogens is 398 g/mol. The van der Waals surface area contributed by atoms with Gasteiger partial charge >= 0.3 is 11.9 Å². The van der Waals surface area contributed by atoms with Crippen molar-refractivity contribution in [3.63, 3.8) is 0 Å². The minimum absolute atomic E-state index is 0.257. The van der Waals surface area contributed by atoms with E-state index in [0.717, 1.165) is 38.8 Å². The van der Waals surface area contributed by atoms with Gasteiger partial charge in [-0.25, -0.2) is 14.6 Å². The summed E-state index contributed by atoms with van der Waals surface area (Å²) in [6, 6.07) is 3.63. The van der Waals surface area contributed by atoms with Crippen molar-refractivity contribution in [2.24, 2.45) is 0 Å². The SMILES string of the molecule is COC(=O)c1c(C(=O)COC(=O)c2cccnc2N2CCCC2)c(C)n(C2CC2)c1C. The Balaban J connectivity index is 1.55. The van der Waals surface area contributed by atoms with E-state index in [1.165, 1.54) is 7.11 Å². The number of hydrogen-bond donors (Lipinski definition) is 0. The number of carbonyl (C=O) groups is 3. The number of ketones is 1. The predicted molar refractivity (Wildman–Crippen MR) is 114 cm³/mol. The minimum atomic E-state index is -0.598. The van der Waals surface area contributed by atoms with Gasteiger partial charge in [-0.1, -0.05) is 0 Å². The molecule has 2 aliphatic rings. The summed E-state index contributed by atoms with van der Waals surface area (Å²) >= 11 is 0. The molecule has 1 aliphatic heterocycles. The number of carbonyl (C=O) groups excluding carboxylic acids is 3. The number of esters is 2. The molecule has 0 radical (unpaired) electrons. The number of pyridine rings is 1. The second-order valence-corrected chi connectivity index (χ2v) is 8.08. The van der Waals surface area contributed by atoms with Crippen molar-refractivity contribution in [1.29, 1.82) is 0 Å². The van der Waals surface area contributed by atoms with E-state index in [2.05, 4.69) is 9.88 Å². The summed E-state index contributed by atoms with van der Waals surface area (Å²) in [5.74, 6) is -0.989. The van der Waals surface area contributed by atoms with Gasteiger partial charge in [0.25, 0.3) is 0 Å². The Bertz CT molecular complexity index is 1030. The van der Waals surface area contributed by atoms with E-state index in [0.29, 0.717) is 28.8 Å². The van der Waals surface area contributed by atoms with E-state index in [-0.39, 0.29) is 11.1 Å². The Labute approximate surface area is 181 Å². The van der Waals surface area contributed by atoms with Gasteiger partial charge in [0.1, 0.15) is 11.4 Å². The summed E-state index contributed by atoms with van der Waals surface area (Å²) in [6.45, 7) is 4.86. The van der Waals surface area contributed by atoms with Gasteiger partial charge in [0.15, 0.2) is 6.61 Å². The van der Waals surface area contributed by atoms with Gasteiger partial charge in [-0.15, -0.1) is 0 Å². The first kappa shape index (κ1) is 21.1. The van der Waals surface area contributed by atoms with Crippen LogP contribution in [0, 0.1) is 13.8 Å². The molecule has 0 bridgehead atoms. The number of hydrogen-bond acceptors (Lipinski definition) is 7. The maximum Gasteiger partial charge on any atom is 0.342 e. The lowest BCUT2D eigenvalue weighted by Gasteiger charge is -2.18. The summed E-state index contributed by atoms with van der Waals surface area (Å²) in [7, 11) is 1.29. The van der Waals surface area contributed by atoms with Gasteiger partial charge in [0.05, 0.1) is 18.2 Å². The molecule has 3 heterocycles. The lowest BCUT2D eigenvalue weighted by molar-refractivity contribution is 0.0473. The lowest BCUT2D eigenvalue weighted by atomic mass is 10.1. The molecule has 1 saturated heterocycles. The zero-order valence-corrected chi connectivity index (χ0v) is 18.1. The van der Waals surface area contributed by atoms with Crippen molar-refractivity contribution >= 4 is 23.5 Å². The van der Waals surface area contributed by atoms with Crippen molar-refractivity contribution in [3.8, 4) is 0 Å². The van der Waals surface area contributed by atoms with Crippen LogP contribution in [-0.4, -0.2) is 54.1 Å². The Morgan fingerprint density at radius 3 is 2.39 bits per heavy atom. The van der Waals surface area contributed by atoms with E-state index in [1.54, 1.807) is 18.3 Å². The first-order chi connectivity index (χ1) is 14.9. The lowest BCUT2D eigenvalue weighted by Crippen LogP contribution is -2.23. The molecule has 1 aliphatic carbocycles. The van der Waals surface area contributed by atoms with Gasteiger partial charge in [0.2, 0.25) is 5.78 Å². The molecule has 31 heavy (non-hydrogen) atoms. The monoisotopic (exact) mass is 425 g/mol.